The van der Waals surface area contributed by atoms with Crippen LogP contribution in [0.3, 0.4) is 0 Å². The lowest BCUT2D eigenvalue weighted by atomic mass is 10.3. The quantitative estimate of drug-likeness (QED) is 0.744. The van der Waals surface area contributed by atoms with Crippen molar-refractivity contribution in [1.29, 1.82) is 0 Å². The number of amides is 1. The monoisotopic (exact) mass is 248 g/mol. The van der Waals surface area contributed by atoms with Crippen LogP contribution in [0.15, 0.2) is 18.6 Å². The van der Waals surface area contributed by atoms with E-state index in [1.807, 2.05) is 0 Å². The molecule has 0 unspecified atom stereocenters. The van der Waals surface area contributed by atoms with Crippen LogP contribution in [0, 0.1) is 0 Å². The Morgan fingerprint density at radius 2 is 2.17 bits per heavy atom. The first-order valence-corrected chi connectivity index (χ1v) is 5.28. The third kappa shape index (κ3) is 3.00. The summed E-state index contributed by atoms with van der Waals surface area (Å²) in [5.74, 6) is -0.235. The van der Waals surface area contributed by atoms with Gasteiger partial charge in [-0.1, -0.05) is 0 Å². The van der Waals surface area contributed by atoms with Crippen LogP contribution < -0.4 is 10.1 Å². The van der Waals surface area contributed by atoms with Crippen molar-refractivity contribution >= 4 is 5.91 Å². The third-order valence-corrected chi connectivity index (χ3v) is 2.20. The summed E-state index contributed by atoms with van der Waals surface area (Å²) in [6.07, 6.45) is 5.05. The molecule has 0 fully saturated rings. The average Bonchev–Trinajstić information content (AvgIpc) is 2.92. The summed E-state index contributed by atoms with van der Waals surface area (Å²) in [6.45, 7) is 0.470. The first kappa shape index (κ1) is 12.0. The summed E-state index contributed by atoms with van der Waals surface area (Å²) in [7, 11) is 1.47. The molecule has 1 amide bonds. The molecule has 2 heterocycles. The first-order valence-electron chi connectivity index (χ1n) is 5.28. The maximum Gasteiger partial charge on any atom is 0.316 e. The summed E-state index contributed by atoms with van der Waals surface area (Å²) >= 11 is 0. The summed E-state index contributed by atoms with van der Waals surface area (Å²) in [5, 5.41) is 12.8. The smallest absolute Gasteiger partial charge is 0.316 e. The van der Waals surface area contributed by atoms with Crippen molar-refractivity contribution < 1.29 is 9.53 Å². The molecule has 0 spiro atoms. The topological polar surface area (TPSA) is 106 Å². The normalized spacial score (nSPS) is 10.1. The molecule has 2 rings (SSSR count). The van der Waals surface area contributed by atoms with E-state index in [4.69, 9.17) is 4.74 Å². The Morgan fingerprint density at radius 1 is 1.39 bits per heavy atom. The van der Waals surface area contributed by atoms with Crippen LogP contribution in [0.2, 0.25) is 0 Å². The van der Waals surface area contributed by atoms with E-state index in [9.17, 15) is 4.79 Å². The second-order valence-electron chi connectivity index (χ2n) is 3.43. The van der Waals surface area contributed by atoms with Gasteiger partial charge >= 0.3 is 6.01 Å². The maximum absolute atomic E-state index is 11.7. The summed E-state index contributed by atoms with van der Waals surface area (Å²) in [5.41, 5.74) is 1.18. The minimum absolute atomic E-state index is 0.231. The van der Waals surface area contributed by atoms with Gasteiger partial charge in [0.15, 0.2) is 0 Å². The van der Waals surface area contributed by atoms with Crippen LogP contribution >= 0.6 is 0 Å². The van der Waals surface area contributed by atoms with Gasteiger partial charge in [-0.15, -0.1) is 0 Å². The molecule has 0 bridgehead atoms. The van der Waals surface area contributed by atoms with Gasteiger partial charge in [-0.2, -0.15) is 15.4 Å². The van der Waals surface area contributed by atoms with Crippen LogP contribution in [0.4, 0.5) is 0 Å². The van der Waals surface area contributed by atoms with Gasteiger partial charge in [-0.05, 0) is 0 Å². The largest absolute Gasteiger partial charge is 0.467 e. The fourth-order valence-electron chi connectivity index (χ4n) is 1.29. The number of methoxy groups -OCH3 is 1. The van der Waals surface area contributed by atoms with Crippen LogP contribution in [0.5, 0.6) is 6.01 Å². The minimum atomic E-state index is -0.235. The predicted octanol–water partition coefficient (Wildman–Crippen LogP) is -0.424. The van der Waals surface area contributed by atoms with Crippen molar-refractivity contribution in [3.63, 3.8) is 0 Å². The van der Waals surface area contributed by atoms with Crippen molar-refractivity contribution in [2.24, 2.45) is 0 Å². The molecule has 2 aromatic heterocycles. The van der Waals surface area contributed by atoms with E-state index >= 15 is 0 Å². The van der Waals surface area contributed by atoms with Gasteiger partial charge in [-0.3, -0.25) is 4.79 Å². The number of rotatable bonds is 5. The fraction of sp³-hybridized carbons (Fsp3) is 0.300. The molecule has 8 heteroatoms. The van der Waals surface area contributed by atoms with Crippen molar-refractivity contribution in [1.82, 2.24) is 30.7 Å². The standard InChI is InChI=1S/C10H12N6O2/c1-18-10-12-4-7(5-13-10)9(17)11-3-2-8-6-14-16-15-8/h4-6H,2-3H2,1H3,(H,11,17)(H,14,15,16). The zero-order valence-electron chi connectivity index (χ0n) is 9.75. The highest BCUT2D eigenvalue weighted by Gasteiger charge is 2.07. The molecular weight excluding hydrogens is 236 g/mol. The first-order chi connectivity index (χ1) is 8.79. The molecule has 0 aromatic carbocycles. The van der Waals surface area contributed by atoms with Crippen molar-refractivity contribution in [3.8, 4) is 6.01 Å². The lowest BCUT2D eigenvalue weighted by molar-refractivity contribution is 0.0953. The Labute approximate surface area is 103 Å². The Balaban J connectivity index is 1.83. The number of carbonyl (C=O) groups is 1. The highest BCUT2D eigenvalue weighted by Crippen LogP contribution is 2.01. The third-order valence-electron chi connectivity index (χ3n) is 2.20. The Bertz CT molecular complexity index is 496. The van der Waals surface area contributed by atoms with Gasteiger partial charge in [0.1, 0.15) is 0 Å². The fourth-order valence-corrected chi connectivity index (χ4v) is 1.29. The Morgan fingerprint density at radius 3 is 2.78 bits per heavy atom. The average molecular weight is 248 g/mol. The van der Waals surface area contributed by atoms with Crippen molar-refractivity contribution in [2.75, 3.05) is 13.7 Å². The Hall–Kier alpha value is -2.51. The van der Waals surface area contributed by atoms with Crippen LogP contribution in [0.1, 0.15) is 16.1 Å². The number of carbonyl (C=O) groups excluding carboxylic acids is 1. The lowest BCUT2D eigenvalue weighted by Crippen LogP contribution is -2.26. The number of aromatic nitrogens is 5. The van der Waals surface area contributed by atoms with E-state index in [0.717, 1.165) is 5.69 Å². The van der Waals surface area contributed by atoms with Gasteiger partial charge in [0.2, 0.25) is 0 Å². The second-order valence-corrected chi connectivity index (χ2v) is 3.43. The molecule has 94 valence electrons. The SMILES string of the molecule is COc1ncc(C(=O)NCCc2cn[nH]n2)cn1. The molecule has 0 aliphatic carbocycles. The molecule has 0 aliphatic heterocycles. The number of H-pyrrole nitrogens is 1. The predicted molar refractivity (Wildman–Crippen MR) is 61.0 cm³/mol. The molecule has 2 aromatic rings. The zero-order valence-corrected chi connectivity index (χ0v) is 9.75. The Kier molecular flexibility index (Phi) is 3.79. The van der Waals surface area contributed by atoms with Crippen molar-refractivity contribution in [2.45, 2.75) is 6.42 Å². The molecule has 0 atom stereocenters. The van der Waals surface area contributed by atoms with Crippen LogP contribution in [-0.4, -0.2) is 44.9 Å². The van der Waals surface area contributed by atoms with E-state index in [1.54, 1.807) is 6.20 Å². The highest BCUT2D eigenvalue weighted by atomic mass is 16.5. The van der Waals surface area contributed by atoms with E-state index < -0.39 is 0 Å². The number of hydrogen-bond acceptors (Lipinski definition) is 6. The number of nitrogens with one attached hydrogen (secondary N) is 2. The highest BCUT2D eigenvalue weighted by molar-refractivity contribution is 5.93. The van der Waals surface area contributed by atoms with E-state index in [0.29, 0.717) is 18.5 Å². The lowest BCUT2D eigenvalue weighted by Gasteiger charge is -2.03. The molecule has 0 aliphatic rings. The molecule has 0 saturated heterocycles. The molecule has 8 nitrogen and oxygen atoms in total. The van der Waals surface area contributed by atoms with Crippen molar-refractivity contribution in [3.05, 3.63) is 29.8 Å². The zero-order chi connectivity index (χ0) is 12.8. The van der Waals surface area contributed by atoms with E-state index in [-0.39, 0.29) is 11.9 Å². The molecule has 0 saturated carbocycles. The van der Waals surface area contributed by atoms with Crippen LogP contribution in [-0.2, 0) is 6.42 Å². The number of hydrogen-bond donors (Lipinski definition) is 2. The van der Waals surface area contributed by atoms with E-state index in [1.165, 1.54) is 19.5 Å². The molecular formula is C10H12N6O2. The van der Waals surface area contributed by atoms with Gasteiger partial charge in [0.05, 0.1) is 24.6 Å². The maximum atomic E-state index is 11.7. The molecule has 18 heavy (non-hydrogen) atoms. The summed E-state index contributed by atoms with van der Waals surface area (Å²) in [4.78, 5) is 19.4. The number of ether oxygens (including phenoxy) is 1. The van der Waals surface area contributed by atoms with Gasteiger partial charge in [-0.25, -0.2) is 9.97 Å². The van der Waals surface area contributed by atoms with Gasteiger partial charge in [0.25, 0.3) is 5.91 Å². The van der Waals surface area contributed by atoms with Crippen LogP contribution in [0.25, 0.3) is 0 Å². The minimum Gasteiger partial charge on any atom is -0.467 e. The summed E-state index contributed by atoms with van der Waals surface area (Å²) in [6, 6.07) is 0.231. The van der Waals surface area contributed by atoms with E-state index in [2.05, 4.69) is 30.7 Å². The molecule has 0 radical (unpaired) electrons. The second kappa shape index (κ2) is 5.71. The number of aromatic amines is 1. The number of nitrogens with zero attached hydrogens (tertiary/aromatic N) is 4. The van der Waals surface area contributed by atoms with Gasteiger partial charge < -0.3 is 10.1 Å². The molecule has 2 N–H and O–H groups in total. The summed E-state index contributed by atoms with van der Waals surface area (Å²) < 4.78 is 4.81. The van der Waals surface area contributed by atoms with Gasteiger partial charge in [0, 0.05) is 25.4 Å².